The Labute approximate surface area is 308 Å². The molecule has 13 heteroatoms. The lowest BCUT2D eigenvalue weighted by Crippen LogP contribution is -2.68. The SMILES string of the molecule is C=C(C)C(=O)OCCC[Si](C)(OC(C)(CC)[Si](C)(C)OC(C)[Si](C)(C)CCCO)C(CC)O[Si](C)(C)C(CC)(CC)O[Si](C)(C)CCCO. The Morgan fingerprint density at radius 2 is 1.29 bits per heavy atom. The fourth-order valence-electron chi connectivity index (χ4n) is 7.14. The van der Waals surface area contributed by atoms with Crippen LogP contribution in [0, 0.1) is 0 Å². The molecule has 292 valence electrons. The molecule has 0 aliphatic rings. The lowest BCUT2D eigenvalue weighted by molar-refractivity contribution is -0.138. The molecule has 0 aliphatic heterocycles. The zero-order valence-corrected chi connectivity index (χ0v) is 39.9. The van der Waals surface area contributed by atoms with E-state index < -0.39 is 46.6 Å². The molecule has 0 aromatic heterocycles. The van der Waals surface area contributed by atoms with Crippen molar-refractivity contribution in [1.82, 2.24) is 0 Å². The van der Waals surface area contributed by atoms with Crippen molar-refractivity contribution in [2.24, 2.45) is 0 Å². The predicted octanol–water partition coefficient (Wildman–Crippen LogP) is 9.28. The Bertz CT molecular complexity index is 1000. The first-order valence-electron chi connectivity index (χ1n) is 19.1. The van der Waals surface area contributed by atoms with E-state index in [9.17, 15) is 15.0 Å². The minimum Gasteiger partial charge on any atom is -0.462 e. The third-order valence-electron chi connectivity index (χ3n) is 11.5. The molecule has 0 aromatic carbocycles. The number of aliphatic hydroxyl groups excluding tert-OH is 2. The van der Waals surface area contributed by atoms with Gasteiger partial charge >= 0.3 is 5.97 Å². The first-order chi connectivity index (χ1) is 22.3. The fourth-order valence-corrected chi connectivity index (χ4v) is 26.8. The van der Waals surface area contributed by atoms with E-state index in [-0.39, 0.29) is 35.9 Å². The topological polar surface area (TPSA) is 104 Å². The van der Waals surface area contributed by atoms with Crippen LogP contribution >= 0.6 is 0 Å². The van der Waals surface area contributed by atoms with E-state index >= 15 is 0 Å². The van der Waals surface area contributed by atoms with Gasteiger partial charge in [-0.25, -0.2) is 4.79 Å². The van der Waals surface area contributed by atoms with Gasteiger partial charge in [0.2, 0.25) is 25.0 Å². The van der Waals surface area contributed by atoms with E-state index in [1.54, 1.807) is 6.92 Å². The van der Waals surface area contributed by atoms with Gasteiger partial charge in [-0.2, -0.15) is 0 Å². The number of aliphatic hydroxyl groups is 2. The highest BCUT2D eigenvalue weighted by atomic mass is 28.4. The van der Waals surface area contributed by atoms with Gasteiger partial charge in [0.25, 0.3) is 0 Å². The molecule has 0 bridgehead atoms. The molecule has 0 heterocycles. The lowest BCUT2D eigenvalue weighted by atomic mass is 10.2. The molecule has 0 fully saturated rings. The van der Waals surface area contributed by atoms with Gasteiger partial charge in [0.05, 0.1) is 30.9 Å². The van der Waals surface area contributed by atoms with Crippen molar-refractivity contribution in [3.8, 4) is 0 Å². The zero-order valence-electron chi connectivity index (χ0n) is 34.9. The molecule has 0 amide bonds. The van der Waals surface area contributed by atoms with Crippen LogP contribution in [0.4, 0.5) is 0 Å². The van der Waals surface area contributed by atoms with Crippen LogP contribution in [-0.4, -0.2) is 99.2 Å². The second kappa shape index (κ2) is 20.5. The molecule has 4 atom stereocenters. The average Bonchev–Trinajstić information content (AvgIpc) is 3.01. The number of ether oxygens (including phenoxy) is 1. The third kappa shape index (κ3) is 14.1. The molecular weight excluding hydrogens is 701 g/mol. The summed E-state index contributed by atoms with van der Waals surface area (Å²) in [6, 6.07) is 2.73. The molecule has 0 saturated carbocycles. The van der Waals surface area contributed by atoms with Crippen LogP contribution in [0.3, 0.4) is 0 Å². The van der Waals surface area contributed by atoms with Crippen molar-refractivity contribution in [3.05, 3.63) is 12.2 Å². The number of hydrogen-bond acceptors (Lipinski definition) is 8. The van der Waals surface area contributed by atoms with E-state index in [1.165, 1.54) is 0 Å². The first-order valence-corrected chi connectivity index (χ1v) is 34.1. The van der Waals surface area contributed by atoms with Crippen molar-refractivity contribution < 1.29 is 37.4 Å². The van der Waals surface area contributed by atoms with Crippen molar-refractivity contribution in [2.75, 3.05) is 19.8 Å². The number of hydrogen-bond donors (Lipinski definition) is 2. The highest BCUT2D eigenvalue weighted by Gasteiger charge is 2.56. The van der Waals surface area contributed by atoms with E-state index in [4.69, 9.17) is 22.4 Å². The van der Waals surface area contributed by atoms with Gasteiger partial charge in [0.15, 0.2) is 8.32 Å². The molecular formula is C36H80O8Si5. The lowest BCUT2D eigenvalue weighted by Gasteiger charge is -2.53. The van der Waals surface area contributed by atoms with E-state index in [1.807, 2.05) is 0 Å². The predicted molar refractivity (Wildman–Crippen MR) is 220 cm³/mol. The summed E-state index contributed by atoms with van der Waals surface area (Å²) in [4.78, 5) is 12.3. The van der Waals surface area contributed by atoms with Gasteiger partial charge in [-0.3, -0.25) is 0 Å². The quantitative estimate of drug-likeness (QED) is 0.0368. The summed E-state index contributed by atoms with van der Waals surface area (Å²) < 4.78 is 35.1. The second-order valence-electron chi connectivity index (χ2n) is 17.0. The van der Waals surface area contributed by atoms with Crippen LogP contribution in [0.5, 0.6) is 0 Å². The summed E-state index contributed by atoms with van der Waals surface area (Å²) in [6.07, 6.45) is 5.65. The van der Waals surface area contributed by atoms with Crippen molar-refractivity contribution in [3.63, 3.8) is 0 Å². The Hall–Kier alpha value is 0.0544. The molecule has 0 aliphatic carbocycles. The Kier molecular flexibility index (Phi) is 20.5. The summed E-state index contributed by atoms with van der Waals surface area (Å²) in [6.45, 7) is 40.4. The van der Waals surface area contributed by atoms with Crippen LogP contribution in [0.2, 0.25) is 77.1 Å². The van der Waals surface area contributed by atoms with Gasteiger partial charge in [0.1, 0.15) is 0 Å². The summed E-state index contributed by atoms with van der Waals surface area (Å²) >= 11 is 0. The minimum atomic E-state index is -2.70. The maximum Gasteiger partial charge on any atom is 0.333 e. The third-order valence-corrected chi connectivity index (χ3v) is 30.8. The van der Waals surface area contributed by atoms with E-state index in [0.29, 0.717) is 18.6 Å². The van der Waals surface area contributed by atoms with E-state index in [2.05, 4.69) is 107 Å². The molecule has 0 saturated heterocycles. The number of carbonyl (C=O) groups is 1. The monoisotopic (exact) mass is 780 g/mol. The zero-order chi connectivity index (χ0) is 38.5. The fraction of sp³-hybridized carbons (Fsp3) is 0.917. The summed E-state index contributed by atoms with van der Waals surface area (Å²) in [5, 5.41) is 18.3. The Balaban J connectivity index is 6.82. The largest absolute Gasteiger partial charge is 0.462 e. The van der Waals surface area contributed by atoms with Gasteiger partial charge < -0.3 is 32.7 Å². The molecule has 8 nitrogen and oxygen atoms in total. The van der Waals surface area contributed by atoms with Gasteiger partial charge in [-0.1, -0.05) is 53.4 Å². The molecule has 4 unspecified atom stereocenters. The average molecular weight is 781 g/mol. The Morgan fingerprint density at radius 3 is 1.73 bits per heavy atom. The van der Waals surface area contributed by atoms with Crippen LogP contribution in [-0.2, 0) is 27.2 Å². The van der Waals surface area contributed by atoms with Gasteiger partial charge in [0, 0.05) is 24.5 Å². The molecule has 0 spiro atoms. The van der Waals surface area contributed by atoms with Crippen LogP contribution < -0.4 is 0 Å². The summed E-state index contributed by atoms with van der Waals surface area (Å²) in [5.41, 5.74) is 0.458. The first kappa shape index (κ1) is 49.1. The molecule has 49 heavy (non-hydrogen) atoms. The smallest absolute Gasteiger partial charge is 0.333 e. The molecule has 0 radical (unpaired) electrons. The van der Waals surface area contributed by atoms with Gasteiger partial charge in [-0.05, 0) is 124 Å². The molecule has 2 N–H and O–H groups in total. The van der Waals surface area contributed by atoms with E-state index in [0.717, 1.165) is 56.7 Å². The maximum atomic E-state index is 12.3. The summed E-state index contributed by atoms with van der Waals surface area (Å²) in [7, 11) is -11.5. The standard InChI is InChI=1S/C36H80O8Si5/c1-18-33(42-48(15,16)36(20-3,21-4)44-46(11,12)29-23-26-38)49(17,30-24-27-40-34(39)31(5)6)43-35(8,19-2)47(13,14)41-32(7)45(9,10)28-22-25-37/h32-33,37-38H,5,18-30H2,1-4,6-17H3. The maximum absolute atomic E-state index is 12.3. The Morgan fingerprint density at radius 1 is 0.755 bits per heavy atom. The number of rotatable bonds is 27. The molecule has 0 rings (SSSR count). The minimum absolute atomic E-state index is 0.0854. The number of esters is 1. The van der Waals surface area contributed by atoms with Crippen LogP contribution in [0.25, 0.3) is 0 Å². The van der Waals surface area contributed by atoms with Crippen LogP contribution in [0.15, 0.2) is 12.2 Å². The highest BCUT2D eigenvalue weighted by molar-refractivity contribution is 6.82. The van der Waals surface area contributed by atoms with Crippen molar-refractivity contribution >= 4 is 47.3 Å². The normalized spacial score (nSPS) is 17.3. The van der Waals surface area contributed by atoms with Crippen molar-refractivity contribution in [2.45, 2.75) is 192 Å². The number of carbonyl (C=O) groups excluding carboxylic acids is 1. The van der Waals surface area contributed by atoms with Crippen molar-refractivity contribution in [1.29, 1.82) is 0 Å². The second-order valence-corrected chi connectivity index (χ2v) is 39.0. The highest BCUT2D eigenvalue weighted by Crippen LogP contribution is 2.42. The molecule has 0 aromatic rings. The summed E-state index contributed by atoms with van der Waals surface area (Å²) in [5.74, 6) is -0.357. The van der Waals surface area contributed by atoms with Gasteiger partial charge in [-0.15, -0.1) is 0 Å². The van der Waals surface area contributed by atoms with Crippen LogP contribution in [0.1, 0.15) is 93.4 Å².